The minimum absolute atomic E-state index is 0. The summed E-state index contributed by atoms with van der Waals surface area (Å²) in [5.74, 6) is 0.637. The third-order valence-corrected chi connectivity index (χ3v) is 5.50. The van der Waals surface area contributed by atoms with E-state index < -0.39 is 0 Å². The van der Waals surface area contributed by atoms with Crippen LogP contribution in [0.3, 0.4) is 0 Å². The van der Waals surface area contributed by atoms with Gasteiger partial charge in [-0.2, -0.15) is 5.16 Å². The van der Waals surface area contributed by atoms with E-state index in [1.54, 1.807) is 6.07 Å². The first kappa shape index (κ1) is 30.2. The van der Waals surface area contributed by atoms with Gasteiger partial charge in [-0.3, -0.25) is 10.2 Å². The molecule has 10 heteroatoms. The third kappa shape index (κ3) is 8.57. The molecule has 1 atom stereocenters. The number of halogens is 3. The number of aromatic amines is 1. The first-order valence-electron chi connectivity index (χ1n) is 10.3. The molecule has 0 radical (unpaired) electrons. The average Bonchev–Trinajstić information content (AvgIpc) is 3.11. The molecule has 1 aromatic heterocycles. The number of nitrogens with zero attached hydrogens (tertiary/aromatic N) is 1. The van der Waals surface area contributed by atoms with E-state index >= 15 is 0 Å². The Bertz CT molecular complexity index is 828. The molecule has 0 spiro atoms. The highest BCUT2D eigenvalue weighted by Crippen LogP contribution is 2.36. The Morgan fingerprint density at radius 3 is 2.65 bits per heavy atom. The van der Waals surface area contributed by atoms with Crippen LogP contribution in [0.1, 0.15) is 55.9 Å². The van der Waals surface area contributed by atoms with Crippen LogP contribution in [0, 0.1) is 0 Å². The van der Waals surface area contributed by atoms with Crippen LogP contribution in [-0.4, -0.2) is 39.5 Å². The predicted molar refractivity (Wildman–Crippen MR) is 138 cm³/mol. The minimum atomic E-state index is -0.210. The molecule has 1 aliphatic rings. The molecule has 31 heavy (non-hydrogen) atoms. The lowest BCUT2D eigenvalue weighted by Crippen LogP contribution is -2.49. The van der Waals surface area contributed by atoms with Crippen molar-refractivity contribution in [3.63, 3.8) is 0 Å². The molecular weight excluding hydrogens is 598 g/mol. The lowest BCUT2D eigenvalue weighted by atomic mass is 9.87. The van der Waals surface area contributed by atoms with Gasteiger partial charge in [0.2, 0.25) is 0 Å². The van der Waals surface area contributed by atoms with Crippen LogP contribution < -0.4 is 11.0 Å². The number of H-pyrrole nitrogens is 1. The van der Waals surface area contributed by atoms with Crippen LogP contribution in [0.2, 0.25) is 0 Å². The van der Waals surface area contributed by atoms with Gasteiger partial charge in [-0.25, -0.2) is 5.01 Å². The molecule has 1 unspecified atom stereocenters. The topological polar surface area (TPSA) is 102 Å². The Morgan fingerprint density at radius 1 is 1.19 bits per heavy atom. The normalized spacial score (nSPS) is 14.8. The monoisotopic (exact) mass is 629 g/mol. The number of rotatable bonds is 10. The summed E-state index contributed by atoms with van der Waals surface area (Å²) in [4.78, 5) is 11.2. The van der Waals surface area contributed by atoms with E-state index in [2.05, 4.69) is 22.5 Å². The summed E-state index contributed by atoms with van der Waals surface area (Å²) in [6.45, 7) is 3.86. The molecule has 7 nitrogen and oxygen atoms in total. The number of unbranched alkanes of at least 4 members (excludes halogenated alkanes) is 3. The van der Waals surface area contributed by atoms with Gasteiger partial charge in [0.1, 0.15) is 5.76 Å². The summed E-state index contributed by atoms with van der Waals surface area (Å²) < 4.78 is 5.13. The van der Waals surface area contributed by atoms with Gasteiger partial charge in [-0.15, -0.1) is 50.9 Å². The Kier molecular flexibility index (Phi) is 14.7. The number of nitrogens with one attached hydrogen (secondary N) is 2. The quantitative estimate of drug-likeness (QED) is 0.174. The number of fused-ring (bicyclic) bond motifs is 1. The Balaban J connectivity index is 0.00000300. The molecule has 0 aliphatic heterocycles. The zero-order valence-electron chi connectivity index (χ0n) is 17.8. The fourth-order valence-corrected chi connectivity index (χ4v) is 3.94. The van der Waals surface area contributed by atoms with Gasteiger partial charge in [0.05, 0.1) is 0 Å². The van der Waals surface area contributed by atoms with Crippen LogP contribution in [-0.2, 0) is 19.3 Å². The number of phenolic OH excluding ortho intramolecular Hbond substituents is 2. The number of aromatic hydroxyl groups is 2. The number of benzene rings is 1. The van der Waals surface area contributed by atoms with Gasteiger partial charge < -0.3 is 14.7 Å². The smallest absolute Gasteiger partial charge is 0.280 e. The summed E-state index contributed by atoms with van der Waals surface area (Å²) in [7, 11) is 0. The van der Waals surface area contributed by atoms with E-state index in [0.717, 1.165) is 43.4 Å². The number of hydrazine groups is 1. The predicted octanol–water partition coefficient (Wildman–Crippen LogP) is 4.60. The molecule has 0 amide bonds. The zero-order valence-corrected chi connectivity index (χ0v) is 22.9. The molecule has 1 heterocycles. The van der Waals surface area contributed by atoms with E-state index in [1.807, 2.05) is 6.07 Å². The van der Waals surface area contributed by atoms with Crippen LogP contribution in [0.4, 0.5) is 0 Å². The molecule has 0 saturated heterocycles. The molecule has 0 bridgehead atoms. The van der Waals surface area contributed by atoms with E-state index in [9.17, 15) is 15.0 Å². The summed E-state index contributed by atoms with van der Waals surface area (Å²) in [6, 6.07) is 5.31. The summed E-state index contributed by atoms with van der Waals surface area (Å²) in [5, 5.41) is 24.5. The molecule has 1 aromatic carbocycles. The van der Waals surface area contributed by atoms with Crippen molar-refractivity contribution < 1.29 is 14.7 Å². The highest BCUT2D eigenvalue weighted by atomic mass is 79.9. The Morgan fingerprint density at radius 2 is 1.97 bits per heavy atom. The molecule has 178 valence electrons. The highest BCUT2D eigenvalue weighted by Gasteiger charge is 2.26. The average molecular weight is 632 g/mol. The highest BCUT2D eigenvalue weighted by molar-refractivity contribution is 8.93. The van der Waals surface area contributed by atoms with Gasteiger partial charge in [0.15, 0.2) is 11.5 Å². The fourth-order valence-electron chi connectivity index (χ4n) is 3.94. The Hall–Kier alpha value is -0.810. The second kappa shape index (κ2) is 15.1. The van der Waals surface area contributed by atoms with Gasteiger partial charge in [-0.1, -0.05) is 32.3 Å². The number of aromatic nitrogens is 1. The van der Waals surface area contributed by atoms with E-state index in [0.29, 0.717) is 24.8 Å². The first-order valence-corrected chi connectivity index (χ1v) is 10.3. The lowest BCUT2D eigenvalue weighted by molar-refractivity contribution is 0.108. The maximum atomic E-state index is 11.2. The van der Waals surface area contributed by atoms with E-state index in [-0.39, 0.29) is 68.0 Å². The summed E-state index contributed by atoms with van der Waals surface area (Å²) in [5.41, 5.74) is 5.29. The largest absolute Gasteiger partial charge is 0.504 e. The Labute approximate surface area is 214 Å². The summed E-state index contributed by atoms with van der Waals surface area (Å²) >= 11 is 0. The molecule has 3 rings (SSSR count). The van der Waals surface area contributed by atoms with Crippen molar-refractivity contribution >= 4 is 50.9 Å². The van der Waals surface area contributed by atoms with Crippen molar-refractivity contribution in [2.45, 2.75) is 64.3 Å². The molecule has 0 fully saturated rings. The maximum Gasteiger partial charge on any atom is 0.280 e. The second-order valence-electron chi connectivity index (χ2n) is 7.56. The molecule has 2 aromatic rings. The van der Waals surface area contributed by atoms with Gasteiger partial charge in [0.25, 0.3) is 5.56 Å². The minimum Gasteiger partial charge on any atom is -0.504 e. The fraction of sp³-hybridized carbons (Fsp3) is 0.571. The second-order valence-corrected chi connectivity index (χ2v) is 7.56. The standard InChI is InChI=1S/C21H31N3O4.3BrH/c1-2-3-4-5-12-24(22-11-10-17-14-20(26)23-28-17)16-7-8-18-15(13-16)6-9-19(25)21(18)27;;;/h6,9,14,16,22,25,27H,2-5,7-8,10-13H2,1H3,(H,23,26);3*1H. The maximum absolute atomic E-state index is 11.2. The van der Waals surface area contributed by atoms with Crippen molar-refractivity contribution in [1.29, 1.82) is 0 Å². The van der Waals surface area contributed by atoms with Crippen LogP contribution in [0.25, 0.3) is 0 Å². The van der Waals surface area contributed by atoms with Crippen LogP contribution >= 0.6 is 50.9 Å². The van der Waals surface area contributed by atoms with Crippen LogP contribution in [0.15, 0.2) is 27.5 Å². The SMILES string of the molecule is Br.Br.Br.CCCCCCN(NCCc1cc(=O)[nH]o1)C1CCc2c(ccc(O)c2O)C1. The number of hydrogen-bond acceptors (Lipinski definition) is 6. The number of hydrogen-bond donors (Lipinski definition) is 4. The van der Waals surface area contributed by atoms with Crippen molar-refractivity contribution in [2.24, 2.45) is 0 Å². The van der Waals surface area contributed by atoms with Crippen molar-refractivity contribution in [3.8, 4) is 11.5 Å². The van der Waals surface area contributed by atoms with Gasteiger partial charge in [-0.05, 0) is 37.3 Å². The molecule has 4 N–H and O–H groups in total. The summed E-state index contributed by atoms with van der Waals surface area (Å²) in [6.07, 6.45) is 7.93. The number of phenols is 2. The molecule has 1 aliphatic carbocycles. The van der Waals surface area contributed by atoms with Crippen molar-refractivity contribution in [3.05, 3.63) is 45.4 Å². The van der Waals surface area contributed by atoms with Crippen LogP contribution in [0.5, 0.6) is 11.5 Å². The van der Waals surface area contributed by atoms with Gasteiger partial charge in [0, 0.05) is 37.2 Å². The third-order valence-electron chi connectivity index (χ3n) is 5.50. The van der Waals surface area contributed by atoms with Crippen molar-refractivity contribution in [2.75, 3.05) is 13.1 Å². The van der Waals surface area contributed by atoms with Gasteiger partial charge >= 0.3 is 0 Å². The molecule has 0 saturated carbocycles. The van der Waals surface area contributed by atoms with Crippen molar-refractivity contribution in [1.82, 2.24) is 15.6 Å². The van der Waals surface area contributed by atoms with E-state index in [1.165, 1.54) is 25.3 Å². The lowest BCUT2D eigenvalue weighted by Gasteiger charge is -2.36. The molecular formula is C21H34Br3N3O4. The zero-order chi connectivity index (χ0) is 19.9. The first-order chi connectivity index (χ1) is 13.6. The van der Waals surface area contributed by atoms with E-state index in [4.69, 9.17) is 4.52 Å².